The molecule has 3 heteroatoms. The van der Waals surface area contributed by atoms with Crippen molar-refractivity contribution >= 4 is 27.4 Å². The zero-order valence-corrected chi connectivity index (χ0v) is 12.7. The lowest BCUT2D eigenvalue weighted by molar-refractivity contribution is 0.868. The molecule has 0 bridgehead atoms. The van der Waals surface area contributed by atoms with Gasteiger partial charge in [-0.05, 0) is 30.5 Å². The molecule has 108 valence electrons. The third-order valence-electron chi connectivity index (χ3n) is 4.20. The van der Waals surface area contributed by atoms with Gasteiger partial charge in [0, 0.05) is 29.2 Å². The fraction of sp³-hybridized carbons (Fsp3) is 0.105. The van der Waals surface area contributed by atoms with E-state index < -0.39 is 0 Å². The first kappa shape index (κ1) is 12.9. The standard InChI is InChI=1S/C19H17N3/c1-13-15-9-3-4-10-16(15)21-22(13)18-12-6-8-14-7-5-11-17(20-2)19(14)18/h3-12,20H,1-2H3. The van der Waals surface area contributed by atoms with Gasteiger partial charge in [-0.15, -0.1) is 0 Å². The van der Waals surface area contributed by atoms with Gasteiger partial charge in [-0.2, -0.15) is 5.10 Å². The van der Waals surface area contributed by atoms with Crippen molar-refractivity contribution in [3.8, 4) is 5.69 Å². The van der Waals surface area contributed by atoms with Gasteiger partial charge in [0.15, 0.2) is 0 Å². The first-order chi connectivity index (χ1) is 10.8. The Bertz CT molecular complexity index is 977. The van der Waals surface area contributed by atoms with Gasteiger partial charge in [0.1, 0.15) is 0 Å². The minimum atomic E-state index is 1.03. The fourth-order valence-electron chi connectivity index (χ4n) is 3.10. The molecular formula is C19H17N3. The maximum Gasteiger partial charge on any atom is 0.0930 e. The Labute approximate surface area is 129 Å². The van der Waals surface area contributed by atoms with Crippen LogP contribution in [0.1, 0.15) is 5.69 Å². The van der Waals surface area contributed by atoms with Crippen LogP contribution in [0.4, 0.5) is 5.69 Å². The zero-order chi connectivity index (χ0) is 15.1. The molecule has 3 nitrogen and oxygen atoms in total. The molecule has 0 aliphatic heterocycles. The lowest BCUT2D eigenvalue weighted by atomic mass is 10.1. The molecule has 4 aromatic rings. The van der Waals surface area contributed by atoms with Gasteiger partial charge in [-0.25, -0.2) is 4.68 Å². The van der Waals surface area contributed by atoms with E-state index in [9.17, 15) is 0 Å². The summed E-state index contributed by atoms with van der Waals surface area (Å²) in [5, 5.41) is 11.7. The molecule has 0 amide bonds. The van der Waals surface area contributed by atoms with E-state index in [4.69, 9.17) is 5.10 Å². The van der Waals surface area contributed by atoms with E-state index in [1.807, 2.05) is 17.8 Å². The molecule has 1 N–H and O–H groups in total. The molecule has 0 spiro atoms. The summed E-state index contributed by atoms with van der Waals surface area (Å²) in [6, 6.07) is 20.9. The number of aromatic nitrogens is 2. The monoisotopic (exact) mass is 287 g/mol. The van der Waals surface area contributed by atoms with E-state index in [1.165, 1.54) is 16.2 Å². The quantitative estimate of drug-likeness (QED) is 0.587. The van der Waals surface area contributed by atoms with Crippen LogP contribution in [0.25, 0.3) is 27.4 Å². The van der Waals surface area contributed by atoms with Crippen LogP contribution in [-0.4, -0.2) is 16.8 Å². The van der Waals surface area contributed by atoms with Crippen molar-refractivity contribution in [1.82, 2.24) is 9.78 Å². The van der Waals surface area contributed by atoms with E-state index in [0.29, 0.717) is 0 Å². The zero-order valence-electron chi connectivity index (χ0n) is 12.7. The number of aryl methyl sites for hydroxylation is 1. The minimum absolute atomic E-state index is 1.03. The molecule has 1 heterocycles. The Balaban J connectivity index is 2.10. The molecule has 0 aliphatic carbocycles. The van der Waals surface area contributed by atoms with Crippen LogP contribution in [-0.2, 0) is 0 Å². The number of anilines is 1. The third-order valence-corrected chi connectivity index (χ3v) is 4.20. The van der Waals surface area contributed by atoms with Crippen LogP contribution in [0.3, 0.4) is 0 Å². The predicted molar refractivity (Wildman–Crippen MR) is 92.9 cm³/mol. The highest BCUT2D eigenvalue weighted by molar-refractivity contribution is 6.00. The Hall–Kier alpha value is -2.81. The molecule has 0 atom stereocenters. The molecule has 0 saturated carbocycles. The average molecular weight is 287 g/mol. The molecule has 4 rings (SSSR count). The van der Waals surface area contributed by atoms with Gasteiger partial charge in [-0.3, -0.25) is 0 Å². The molecule has 0 radical (unpaired) electrons. The van der Waals surface area contributed by atoms with Crippen molar-refractivity contribution in [3.63, 3.8) is 0 Å². The van der Waals surface area contributed by atoms with Crippen molar-refractivity contribution < 1.29 is 0 Å². The predicted octanol–water partition coefficient (Wildman–Crippen LogP) is 4.53. The number of fused-ring (bicyclic) bond motifs is 2. The SMILES string of the molecule is CNc1cccc2cccc(-n3nc4ccccc4c3C)c12. The van der Waals surface area contributed by atoms with E-state index >= 15 is 0 Å². The van der Waals surface area contributed by atoms with Crippen LogP contribution in [0.2, 0.25) is 0 Å². The topological polar surface area (TPSA) is 29.9 Å². The Morgan fingerprint density at radius 2 is 1.68 bits per heavy atom. The van der Waals surface area contributed by atoms with Crippen LogP contribution in [0.15, 0.2) is 60.7 Å². The maximum absolute atomic E-state index is 4.80. The summed E-state index contributed by atoms with van der Waals surface area (Å²) in [5.41, 5.74) is 4.41. The first-order valence-corrected chi connectivity index (χ1v) is 7.44. The van der Waals surface area contributed by atoms with Crippen molar-refractivity contribution in [2.24, 2.45) is 0 Å². The lowest BCUT2D eigenvalue weighted by Gasteiger charge is -2.12. The van der Waals surface area contributed by atoms with Crippen molar-refractivity contribution in [2.45, 2.75) is 6.92 Å². The third kappa shape index (κ3) is 1.79. The Kier molecular flexibility index (Phi) is 2.86. The van der Waals surface area contributed by atoms with Crippen LogP contribution < -0.4 is 5.32 Å². The maximum atomic E-state index is 4.80. The second-order valence-electron chi connectivity index (χ2n) is 5.45. The van der Waals surface area contributed by atoms with Gasteiger partial charge in [0.05, 0.1) is 11.2 Å². The number of nitrogens with one attached hydrogen (secondary N) is 1. The molecule has 3 aromatic carbocycles. The van der Waals surface area contributed by atoms with Gasteiger partial charge in [-0.1, -0.05) is 42.5 Å². The lowest BCUT2D eigenvalue weighted by Crippen LogP contribution is -2.01. The van der Waals surface area contributed by atoms with E-state index in [1.54, 1.807) is 0 Å². The van der Waals surface area contributed by atoms with Crippen LogP contribution in [0, 0.1) is 6.92 Å². The highest BCUT2D eigenvalue weighted by Crippen LogP contribution is 2.31. The summed E-state index contributed by atoms with van der Waals surface area (Å²) < 4.78 is 2.05. The first-order valence-electron chi connectivity index (χ1n) is 7.44. The summed E-state index contributed by atoms with van der Waals surface area (Å²) >= 11 is 0. The van der Waals surface area contributed by atoms with Crippen LogP contribution in [0.5, 0.6) is 0 Å². The second kappa shape index (κ2) is 4.88. The van der Waals surface area contributed by atoms with E-state index in [0.717, 1.165) is 22.6 Å². The average Bonchev–Trinajstić information content (AvgIpc) is 2.91. The highest BCUT2D eigenvalue weighted by atomic mass is 15.3. The molecule has 1 aromatic heterocycles. The number of rotatable bonds is 2. The summed E-state index contributed by atoms with van der Waals surface area (Å²) in [4.78, 5) is 0. The van der Waals surface area contributed by atoms with Crippen LogP contribution >= 0.6 is 0 Å². The van der Waals surface area contributed by atoms with E-state index in [2.05, 4.69) is 66.8 Å². The number of benzene rings is 3. The molecule has 0 saturated heterocycles. The van der Waals surface area contributed by atoms with Crippen molar-refractivity contribution in [3.05, 3.63) is 66.4 Å². The smallest absolute Gasteiger partial charge is 0.0930 e. The van der Waals surface area contributed by atoms with Crippen molar-refractivity contribution in [1.29, 1.82) is 0 Å². The largest absolute Gasteiger partial charge is 0.388 e. The molecular weight excluding hydrogens is 270 g/mol. The minimum Gasteiger partial charge on any atom is -0.388 e. The fourth-order valence-corrected chi connectivity index (χ4v) is 3.10. The number of nitrogens with zero attached hydrogens (tertiary/aromatic N) is 2. The summed E-state index contributed by atoms with van der Waals surface area (Å²) in [5.74, 6) is 0. The Morgan fingerprint density at radius 1 is 0.909 bits per heavy atom. The highest BCUT2D eigenvalue weighted by Gasteiger charge is 2.12. The molecule has 0 unspecified atom stereocenters. The van der Waals surface area contributed by atoms with Crippen molar-refractivity contribution in [2.75, 3.05) is 12.4 Å². The second-order valence-corrected chi connectivity index (χ2v) is 5.45. The summed E-state index contributed by atoms with van der Waals surface area (Å²) in [7, 11) is 1.96. The van der Waals surface area contributed by atoms with E-state index in [-0.39, 0.29) is 0 Å². The molecule has 22 heavy (non-hydrogen) atoms. The summed E-state index contributed by atoms with van der Waals surface area (Å²) in [6.07, 6.45) is 0. The van der Waals surface area contributed by atoms with Gasteiger partial charge < -0.3 is 5.32 Å². The molecule has 0 aliphatic rings. The normalized spacial score (nSPS) is 11.2. The molecule has 0 fully saturated rings. The summed E-state index contributed by atoms with van der Waals surface area (Å²) in [6.45, 7) is 2.12. The van der Waals surface area contributed by atoms with Gasteiger partial charge >= 0.3 is 0 Å². The van der Waals surface area contributed by atoms with Gasteiger partial charge in [0.25, 0.3) is 0 Å². The van der Waals surface area contributed by atoms with Gasteiger partial charge in [0.2, 0.25) is 0 Å². The number of hydrogen-bond donors (Lipinski definition) is 1. The Morgan fingerprint density at radius 3 is 2.45 bits per heavy atom. The number of hydrogen-bond acceptors (Lipinski definition) is 2.